The van der Waals surface area contributed by atoms with Gasteiger partial charge in [-0.3, -0.25) is 0 Å². The van der Waals surface area contributed by atoms with E-state index in [0.29, 0.717) is 31.5 Å². The van der Waals surface area contributed by atoms with Crippen molar-refractivity contribution in [2.75, 3.05) is 19.7 Å². The number of hydrogen-bond acceptors (Lipinski definition) is 4. The summed E-state index contributed by atoms with van der Waals surface area (Å²) in [4.78, 5) is 13.7. The van der Waals surface area contributed by atoms with Gasteiger partial charge in [0.05, 0.1) is 6.61 Å². The zero-order valence-corrected chi connectivity index (χ0v) is 16.3. The number of amides is 1. The number of nitrogens with zero attached hydrogens (tertiary/aromatic N) is 1. The maximum absolute atomic E-state index is 12.6. The predicted octanol–water partition coefficient (Wildman–Crippen LogP) is 5.25. The fourth-order valence-electron chi connectivity index (χ4n) is 2.79. The Morgan fingerprint density at radius 2 is 1.86 bits per heavy atom. The van der Waals surface area contributed by atoms with Gasteiger partial charge in [-0.05, 0) is 57.2 Å². The number of piperidine rings is 1. The van der Waals surface area contributed by atoms with E-state index in [4.69, 9.17) is 9.47 Å². The minimum atomic E-state index is -4.81. The molecule has 0 aromatic heterocycles. The monoisotopic (exact) mass is 401 g/mol. The van der Waals surface area contributed by atoms with Crippen molar-refractivity contribution < 1.29 is 32.2 Å². The van der Waals surface area contributed by atoms with Crippen LogP contribution in [0.3, 0.4) is 0 Å². The lowest BCUT2D eigenvalue weighted by atomic mass is 9.98. The van der Waals surface area contributed by atoms with E-state index >= 15 is 0 Å². The number of ether oxygens (including phenoxy) is 3. The Labute approximate surface area is 163 Å². The Balaban J connectivity index is 1.91. The van der Waals surface area contributed by atoms with E-state index in [1.807, 2.05) is 20.8 Å². The van der Waals surface area contributed by atoms with Gasteiger partial charge >= 0.3 is 12.5 Å². The summed E-state index contributed by atoms with van der Waals surface area (Å²) in [5, 5.41) is 0. The van der Waals surface area contributed by atoms with E-state index in [9.17, 15) is 18.0 Å². The van der Waals surface area contributed by atoms with Crippen molar-refractivity contribution >= 4 is 12.2 Å². The van der Waals surface area contributed by atoms with Gasteiger partial charge in [-0.1, -0.05) is 18.7 Å². The number of likely N-dealkylation sites (tertiary alicyclic amines) is 1. The highest BCUT2D eigenvalue weighted by Gasteiger charge is 2.33. The minimum Gasteiger partial charge on any atom is -0.489 e. The third-order valence-electron chi connectivity index (χ3n) is 4.17. The highest BCUT2D eigenvalue weighted by Crippen LogP contribution is 2.34. The fourth-order valence-corrected chi connectivity index (χ4v) is 2.79. The lowest BCUT2D eigenvalue weighted by molar-refractivity contribution is -0.275. The molecule has 156 valence electrons. The summed E-state index contributed by atoms with van der Waals surface area (Å²) in [6.07, 6.45) is -2.37. The number of benzene rings is 1. The summed E-state index contributed by atoms with van der Waals surface area (Å²) in [7, 11) is 0. The third kappa shape index (κ3) is 6.98. The molecule has 0 bridgehead atoms. The Morgan fingerprint density at radius 3 is 2.39 bits per heavy atom. The number of rotatable bonds is 5. The van der Waals surface area contributed by atoms with Crippen LogP contribution >= 0.6 is 0 Å². The van der Waals surface area contributed by atoms with Crippen LogP contribution in [0.25, 0.3) is 6.08 Å². The molecule has 0 N–H and O–H groups in total. The van der Waals surface area contributed by atoms with Crippen LogP contribution in [-0.2, 0) is 4.74 Å². The molecule has 1 heterocycles. The SMILES string of the molecule is C=Cc1ccc(OCC2CCN(C(=O)OC(C)(C)C)CC2)c(OC(F)(F)F)c1. The van der Waals surface area contributed by atoms with E-state index < -0.39 is 17.7 Å². The fraction of sp³-hybridized carbons (Fsp3) is 0.550. The Hall–Kier alpha value is -2.38. The molecule has 5 nitrogen and oxygen atoms in total. The summed E-state index contributed by atoms with van der Waals surface area (Å²) < 4.78 is 52.9. The molecule has 1 aromatic rings. The summed E-state index contributed by atoms with van der Waals surface area (Å²) in [5.41, 5.74) is -0.0546. The van der Waals surface area contributed by atoms with Crippen LogP contribution in [-0.4, -0.2) is 42.7 Å². The van der Waals surface area contributed by atoms with E-state index in [-0.39, 0.29) is 24.4 Å². The summed E-state index contributed by atoms with van der Waals surface area (Å²) >= 11 is 0. The molecule has 1 aliphatic rings. The smallest absolute Gasteiger partial charge is 0.489 e. The quantitative estimate of drug-likeness (QED) is 0.676. The van der Waals surface area contributed by atoms with Gasteiger partial charge < -0.3 is 19.1 Å². The van der Waals surface area contributed by atoms with Gasteiger partial charge in [-0.25, -0.2) is 4.79 Å². The van der Waals surface area contributed by atoms with Gasteiger partial charge in [0.25, 0.3) is 0 Å². The number of hydrogen-bond donors (Lipinski definition) is 0. The van der Waals surface area contributed by atoms with Gasteiger partial charge in [0.15, 0.2) is 11.5 Å². The van der Waals surface area contributed by atoms with Gasteiger partial charge in [0.2, 0.25) is 0 Å². The standard InChI is InChI=1S/C20H26F3NO4/c1-5-14-6-7-16(17(12-14)27-20(21,22)23)26-13-15-8-10-24(11-9-15)18(25)28-19(2,3)4/h5-7,12,15H,1,8-11,13H2,2-4H3. The molecule has 2 rings (SSSR count). The maximum Gasteiger partial charge on any atom is 0.573 e. The molecule has 1 aromatic carbocycles. The molecule has 1 fully saturated rings. The summed E-state index contributed by atoms with van der Waals surface area (Å²) in [6.45, 7) is 10.2. The molecule has 0 atom stereocenters. The summed E-state index contributed by atoms with van der Waals surface area (Å²) in [6, 6.07) is 4.28. The lowest BCUT2D eigenvalue weighted by Crippen LogP contribution is -2.42. The van der Waals surface area contributed by atoms with E-state index in [1.54, 1.807) is 11.0 Å². The van der Waals surface area contributed by atoms with E-state index in [2.05, 4.69) is 11.3 Å². The second kappa shape index (κ2) is 8.75. The van der Waals surface area contributed by atoms with Crippen molar-refractivity contribution in [1.82, 2.24) is 4.90 Å². The van der Waals surface area contributed by atoms with Crippen LogP contribution in [0.4, 0.5) is 18.0 Å². The van der Waals surface area contributed by atoms with E-state index in [1.165, 1.54) is 18.2 Å². The lowest BCUT2D eigenvalue weighted by Gasteiger charge is -2.33. The van der Waals surface area contributed by atoms with Crippen LogP contribution < -0.4 is 9.47 Å². The van der Waals surface area contributed by atoms with Crippen molar-refractivity contribution in [3.8, 4) is 11.5 Å². The average molecular weight is 401 g/mol. The minimum absolute atomic E-state index is 0.0255. The highest BCUT2D eigenvalue weighted by atomic mass is 19.4. The predicted molar refractivity (Wildman–Crippen MR) is 99.2 cm³/mol. The van der Waals surface area contributed by atoms with Crippen molar-refractivity contribution in [1.29, 1.82) is 0 Å². The molecule has 0 unspecified atom stereocenters. The van der Waals surface area contributed by atoms with Crippen LogP contribution in [0.15, 0.2) is 24.8 Å². The van der Waals surface area contributed by atoms with Crippen molar-refractivity contribution in [2.24, 2.45) is 5.92 Å². The molecule has 0 spiro atoms. The second-order valence-electron chi connectivity index (χ2n) is 7.68. The zero-order valence-electron chi connectivity index (χ0n) is 16.3. The number of carbonyl (C=O) groups is 1. The molecular weight excluding hydrogens is 375 g/mol. The Morgan fingerprint density at radius 1 is 1.21 bits per heavy atom. The number of alkyl halides is 3. The van der Waals surface area contributed by atoms with Gasteiger partial charge in [-0.15, -0.1) is 13.2 Å². The molecule has 0 radical (unpaired) electrons. The van der Waals surface area contributed by atoms with E-state index in [0.717, 1.165) is 0 Å². The number of halogens is 3. The maximum atomic E-state index is 12.6. The molecule has 0 aliphatic carbocycles. The first-order chi connectivity index (χ1) is 13.0. The largest absolute Gasteiger partial charge is 0.573 e. The van der Waals surface area contributed by atoms with Crippen LogP contribution in [0.1, 0.15) is 39.2 Å². The first-order valence-electron chi connectivity index (χ1n) is 9.10. The molecular formula is C20H26F3NO4. The average Bonchev–Trinajstić information content (AvgIpc) is 2.58. The Kier molecular flexibility index (Phi) is 6.85. The first-order valence-corrected chi connectivity index (χ1v) is 9.10. The molecule has 1 amide bonds. The van der Waals surface area contributed by atoms with Crippen molar-refractivity contribution in [2.45, 2.75) is 45.6 Å². The molecule has 1 aliphatic heterocycles. The Bertz CT molecular complexity index is 690. The molecule has 0 saturated carbocycles. The zero-order chi connectivity index (χ0) is 20.9. The second-order valence-corrected chi connectivity index (χ2v) is 7.68. The molecule has 28 heavy (non-hydrogen) atoms. The van der Waals surface area contributed by atoms with Gasteiger partial charge in [-0.2, -0.15) is 0 Å². The normalized spacial score (nSPS) is 15.9. The van der Waals surface area contributed by atoms with Crippen LogP contribution in [0.5, 0.6) is 11.5 Å². The van der Waals surface area contributed by atoms with Gasteiger partial charge in [0.1, 0.15) is 5.60 Å². The molecule has 1 saturated heterocycles. The van der Waals surface area contributed by atoms with Gasteiger partial charge in [0, 0.05) is 13.1 Å². The topological polar surface area (TPSA) is 48.0 Å². The van der Waals surface area contributed by atoms with Crippen molar-refractivity contribution in [3.05, 3.63) is 30.3 Å². The van der Waals surface area contributed by atoms with Crippen LogP contribution in [0.2, 0.25) is 0 Å². The third-order valence-corrected chi connectivity index (χ3v) is 4.17. The van der Waals surface area contributed by atoms with Crippen molar-refractivity contribution in [3.63, 3.8) is 0 Å². The number of carbonyl (C=O) groups excluding carboxylic acids is 1. The molecule has 8 heteroatoms. The first kappa shape index (κ1) is 21.9. The highest BCUT2D eigenvalue weighted by molar-refractivity contribution is 5.68. The summed E-state index contributed by atoms with van der Waals surface area (Å²) in [5.74, 6) is -0.245. The van der Waals surface area contributed by atoms with Crippen LogP contribution in [0, 0.1) is 5.92 Å².